The Kier molecular flexibility index (Phi) is 36.6. The van der Waals surface area contributed by atoms with Gasteiger partial charge in [-0.2, -0.15) is 0 Å². The Bertz CT molecular complexity index is 895. The van der Waals surface area contributed by atoms with Gasteiger partial charge in [-0.25, -0.2) is 0 Å². The number of aliphatic hydroxyl groups is 1. The molecule has 0 rings (SSSR count). The smallest absolute Gasteiger partial charge is 0.306 e. The van der Waals surface area contributed by atoms with Crippen LogP contribution in [0.3, 0.4) is 0 Å². The van der Waals surface area contributed by atoms with Crippen LogP contribution in [0.1, 0.15) is 168 Å². The predicted octanol–water partition coefficient (Wildman–Crippen LogP) is 12.2. The molecule has 0 heterocycles. The molecule has 48 heavy (non-hydrogen) atoms. The van der Waals surface area contributed by atoms with Crippen molar-refractivity contribution in [1.82, 2.24) is 0 Å². The summed E-state index contributed by atoms with van der Waals surface area (Å²) in [5, 5.41) is 9.55. The fraction of sp³-hybridized carbons (Fsp3) is 0.674. The summed E-state index contributed by atoms with van der Waals surface area (Å²) in [6.45, 7) is 3.94. The average Bonchev–Trinajstić information content (AvgIpc) is 3.09. The van der Waals surface area contributed by atoms with Crippen LogP contribution in [0.25, 0.3) is 0 Å². The van der Waals surface area contributed by atoms with E-state index in [9.17, 15) is 14.7 Å². The number of hydrogen-bond acceptors (Lipinski definition) is 5. The lowest BCUT2D eigenvalue weighted by atomic mass is 10.1. The Morgan fingerprint density at radius 1 is 0.500 bits per heavy atom. The lowest BCUT2D eigenvalue weighted by Gasteiger charge is -2.15. The molecule has 0 aliphatic carbocycles. The number of aliphatic hydroxyl groups excluding tert-OH is 1. The number of allylic oxidation sites excluding steroid dienone is 12. The van der Waals surface area contributed by atoms with Gasteiger partial charge in [0, 0.05) is 12.8 Å². The first kappa shape index (κ1) is 45.3. The van der Waals surface area contributed by atoms with Gasteiger partial charge in [-0.15, -0.1) is 0 Å². The van der Waals surface area contributed by atoms with Crippen molar-refractivity contribution in [3.05, 3.63) is 72.9 Å². The van der Waals surface area contributed by atoms with Crippen molar-refractivity contribution in [2.45, 2.75) is 174 Å². The maximum Gasteiger partial charge on any atom is 0.306 e. The first-order valence-electron chi connectivity index (χ1n) is 19.5. The molecular weight excluding hydrogens is 596 g/mol. The fourth-order valence-corrected chi connectivity index (χ4v) is 5.04. The van der Waals surface area contributed by atoms with E-state index in [-0.39, 0.29) is 25.2 Å². The van der Waals surface area contributed by atoms with Crippen LogP contribution >= 0.6 is 0 Å². The second kappa shape index (κ2) is 38.8. The minimum atomic E-state index is -0.793. The number of ether oxygens (including phenoxy) is 2. The van der Waals surface area contributed by atoms with Gasteiger partial charge in [0.15, 0.2) is 6.10 Å². The zero-order valence-electron chi connectivity index (χ0n) is 31.0. The van der Waals surface area contributed by atoms with Crippen LogP contribution in [0, 0.1) is 0 Å². The highest BCUT2D eigenvalue weighted by atomic mass is 16.6. The summed E-state index contributed by atoms with van der Waals surface area (Å²) < 4.78 is 10.6. The highest BCUT2D eigenvalue weighted by Gasteiger charge is 2.16. The van der Waals surface area contributed by atoms with Crippen LogP contribution in [0.15, 0.2) is 72.9 Å². The van der Waals surface area contributed by atoms with Crippen LogP contribution in [-0.2, 0) is 19.1 Å². The van der Waals surface area contributed by atoms with Gasteiger partial charge < -0.3 is 14.6 Å². The zero-order chi connectivity index (χ0) is 35.0. The summed E-state index contributed by atoms with van der Waals surface area (Å²) in [7, 11) is 0. The molecule has 0 spiro atoms. The van der Waals surface area contributed by atoms with Gasteiger partial charge in [-0.1, -0.05) is 145 Å². The topological polar surface area (TPSA) is 72.8 Å². The monoisotopic (exact) mass is 669 g/mol. The van der Waals surface area contributed by atoms with E-state index >= 15 is 0 Å². The van der Waals surface area contributed by atoms with Crippen LogP contribution < -0.4 is 0 Å². The van der Waals surface area contributed by atoms with Gasteiger partial charge in [0.1, 0.15) is 6.61 Å². The minimum Gasteiger partial charge on any atom is -0.462 e. The van der Waals surface area contributed by atoms with Crippen molar-refractivity contribution in [3.63, 3.8) is 0 Å². The zero-order valence-corrected chi connectivity index (χ0v) is 31.0. The number of hydrogen-bond donors (Lipinski definition) is 1. The number of rotatable bonds is 34. The molecule has 0 radical (unpaired) electrons. The van der Waals surface area contributed by atoms with Gasteiger partial charge in [0.2, 0.25) is 0 Å². The van der Waals surface area contributed by atoms with E-state index in [0.29, 0.717) is 12.8 Å². The molecule has 0 bridgehead atoms. The third-order valence-electron chi connectivity index (χ3n) is 7.98. The average molecular weight is 669 g/mol. The molecule has 0 aromatic heterocycles. The molecular formula is C43H72O5. The molecule has 0 amide bonds. The molecule has 0 aromatic rings. The summed E-state index contributed by atoms with van der Waals surface area (Å²) in [6, 6.07) is 0. The third-order valence-corrected chi connectivity index (χ3v) is 7.98. The molecule has 1 N–H and O–H groups in total. The van der Waals surface area contributed by atoms with Crippen molar-refractivity contribution < 1.29 is 24.2 Å². The largest absolute Gasteiger partial charge is 0.462 e. The van der Waals surface area contributed by atoms with Gasteiger partial charge >= 0.3 is 11.9 Å². The molecule has 274 valence electrons. The SMILES string of the molecule is CCC=CCC=CCC=CCC=CCCCCC(=O)OCC(CO)OC(=O)CCCCCCCCCCCC=CCC=CCCCCC. The molecule has 0 saturated heterocycles. The normalized spacial score (nSPS) is 13.0. The van der Waals surface area contributed by atoms with Gasteiger partial charge in [-0.05, 0) is 83.5 Å². The van der Waals surface area contributed by atoms with E-state index in [1.54, 1.807) is 0 Å². The predicted molar refractivity (Wildman–Crippen MR) is 205 cm³/mol. The van der Waals surface area contributed by atoms with E-state index in [2.05, 4.69) is 86.8 Å². The van der Waals surface area contributed by atoms with E-state index in [1.165, 1.54) is 70.6 Å². The highest BCUT2D eigenvalue weighted by molar-refractivity contribution is 5.70. The van der Waals surface area contributed by atoms with Gasteiger partial charge in [0.05, 0.1) is 6.61 Å². The number of carbonyl (C=O) groups excluding carboxylic acids is 2. The molecule has 0 aromatic carbocycles. The summed E-state index contributed by atoms with van der Waals surface area (Å²) in [4.78, 5) is 24.2. The summed E-state index contributed by atoms with van der Waals surface area (Å²) >= 11 is 0. The molecule has 5 nitrogen and oxygen atoms in total. The molecule has 0 saturated carbocycles. The minimum absolute atomic E-state index is 0.0925. The Labute approximate surface area is 295 Å². The van der Waals surface area contributed by atoms with Gasteiger partial charge in [0.25, 0.3) is 0 Å². The van der Waals surface area contributed by atoms with Crippen LogP contribution in [-0.4, -0.2) is 36.4 Å². The Morgan fingerprint density at radius 3 is 1.40 bits per heavy atom. The summed E-state index contributed by atoms with van der Waals surface area (Å²) in [6.07, 6.45) is 51.0. The van der Waals surface area contributed by atoms with Crippen molar-refractivity contribution in [3.8, 4) is 0 Å². The molecule has 1 unspecified atom stereocenters. The second-order valence-corrected chi connectivity index (χ2v) is 12.6. The van der Waals surface area contributed by atoms with E-state index in [4.69, 9.17) is 9.47 Å². The standard InChI is InChI=1S/C43H72O5/c1-3-5-7-9-11-13-15-17-19-20-21-22-24-26-28-30-32-34-36-38-43(46)48-41(39-44)40-47-42(45)37-35-33-31-29-27-25-23-18-16-14-12-10-8-6-4-2/h6,8,11-14,17-19,23,27,29,41,44H,3-5,7,9-10,15-16,20-22,24-26,28,30-40H2,1-2H3. The van der Waals surface area contributed by atoms with Crippen LogP contribution in [0.4, 0.5) is 0 Å². The molecule has 1 atom stereocenters. The lowest BCUT2D eigenvalue weighted by molar-refractivity contribution is -0.161. The third kappa shape index (κ3) is 36.2. The van der Waals surface area contributed by atoms with Crippen molar-refractivity contribution in [1.29, 1.82) is 0 Å². The second-order valence-electron chi connectivity index (χ2n) is 12.6. The molecule has 0 aliphatic heterocycles. The number of unbranched alkanes of at least 4 members (excludes halogenated alkanes) is 14. The summed E-state index contributed by atoms with van der Waals surface area (Å²) in [5.74, 6) is -0.650. The molecule has 5 heteroatoms. The van der Waals surface area contributed by atoms with Gasteiger partial charge in [-0.3, -0.25) is 9.59 Å². The van der Waals surface area contributed by atoms with Crippen molar-refractivity contribution >= 4 is 11.9 Å². The number of esters is 2. The van der Waals surface area contributed by atoms with Crippen molar-refractivity contribution in [2.75, 3.05) is 13.2 Å². The fourth-order valence-electron chi connectivity index (χ4n) is 5.04. The Hall–Kier alpha value is -2.66. The van der Waals surface area contributed by atoms with E-state index in [0.717, 1.165) is 70.6 Å². The lowest BCUT2D eigenvalue weighted by Crippen LogP contribution is -2.28. The quantitative estimate of drug-likeness (QED) is 0.0420. The van der Waals surface area contributed by atoms with E-state index in [1.807, 2.05) is 0 Å². The van der Waals surface area contributed by atoms with Crippen LogP contribution in [0.5, 0.6) is 0 Å². The summed E-state index contributed by atoms with van der Waals surface area (Å²) in [5.41, 5.74) is 0. The maximum absolute atomic E-state index is 12.2. The van der Waals surface area contributed by atoms with E-state index < -0.39 is 6.10 Å². The van der Waals surface area contributed by atoms with Crippen molar-refractivity contribution in [2.24, 2.45) is 0 Å². The number of carbonyl (C=O) groups is 2. The Morgan fingerprint density at radius 2 is 0.896 bits per heavy atom. The molecule has 0 fully saturated rings. The van der Waals surface area contributed by atoms with Crippen LogP contribution in [0.2, 0.25) is 0 Å². The first-order valence-corrected chi connectivity index (χ1v) is 19.5. The maximum atomic E-state index is 12.2. The molecule has 0 aliphatic rings. The Balaban J connectivity index is 3.64. The first-order chi connectivity index (χ1) is 23.6. The highest BCUT2D eigenvalue weighted by Crippen LogP contribution is 2.13.